The highest BCUT2D eigenvalue weighted by atomic mass is 32.2. The van der Waals surface area contributed by atoms with E-state index in [4.69, 9.17) is 23.7 Å². The molecular weight excluding hydrogens is 524 g/mol. The van der Waals surface area contributed by atoms with Gasteiger partial charge < -0.3 is 29.0 Å². The molecule has 0 aliphatic carbocycles. The molecule has 0 aliphatic rings. The lowest BCUT2D eigenvalue weighted by atomic mass is 10.1. The number of hydrogen-bond donors (Lipinski definition) is 1. The van der Waals surface area contributed by atoms with E-state index in [0.717, 1.165) is 15.4 Å². The Hall–Kier alpha value is -4.12. The SMILES string of the molecule is COc1ccc(OC)c(N(CC(=O)NCCOc2cc(C)cc(C)c2)S(=O)(=O)c2ccc(OC)c(OC)c2)c1. The van der Waals surface area contributed by atoms with Crippen molar-refractivity contribution in [2.45, 2.75) is 18.7 Å². The van der Waals surface area contributed by atoms with Gasteiger partial charge in [0.1, 0.15) is 30.4 Å². The van der Waals surface area contributed by atoms with Gasteiger partial charge in [-0.1, -0.05) is 6.07 Å². The number of rotatable bonds is 13. The van der Waals surface area contributed by atoms with E-state index >= 15 is 0 Å². The number of nitrogens with zero attached hydrogens (tertiary/aromatic N) is 1. The van der Waals surface area contributed by atoms with Crippen molar-refractivity contribution in [3.63, 3.8) is 0 Å². The fraction of sp³-hybridized carbons (Fsp3) is 0.321. The van der Waals surface area contributed by atoms with Gasteiger partial charge in [-0.25, -0.2) is 8.42 Å². The first-order valence-corrected chi connectivity index (χ1v) is 13.5. The highest BCUT2D eigenvalue weighted by molar-refractivity contribution is 7.92. The van der Waals surface area contributed by atoms with E-state index < -0.39 is 22.5 Å². The third kappa shape index (κ3) is 7.26. The minimum Gasteiger partial charge on any atom is -0.497 e. The molecule has 0 saturated heterocycles. The van der Waals surface area contributed by atoms with Crippen LogP contribution in [0.25, 0.3) is 0 Å². The van der Waals surface area contributed by atoms with E-state index in [1.807, 2.05) is 32.0 Å². The van der Waals surface area contributed by atoms with E-state index in [2.05, 4.69) is 5.32 Å². The van der Waals surface area contributed by atoms with Crippen LogP contribution in [0, 0.1) is 13.8 Å². The zero-order chi connectivity index (χ0) is 28.6. The number of carbonyl (C=O) groups excluding carboxylic acids is 1. The van der Waals surface area contributed by atoms with Crippen LogP contribution in [-0.4, -0.2) is 62.5 Å². The van der Waals surface area contributed by atoms with Gasteiger partial charge in [0, 0.05) is 12.1 Å². The summed E-state index contributed by atoms with van der Waals surface area (Å²) in [6, 6.07) is 14.7. The quantitative estimate of drug-likeness (QED) is 0.316. The molecule has 0 bridgehead atoms. The smallest absolute Gasteiger partial charge is 0.265 e. The number of ether oxygens (including phenoxy) is 5. The number of benzene rings is 3. The molecule has 11 heteroatoms. The van der Waals surface area contributed by atoms with E-state index in [1.165, 1.54) is 52.7 Å². The van der Waals surface area contributed by atoms with Gasteiger partial charge in [-0.05, 0) is 61.4 Å². The highest BCUT2D eigenvalue weighted by Gasteiger charge is 2.31. The molecule has 3 aromatic rings. The molecule has 3 rings (SSSR count). The first kappa shape index (κ1) is 29.4. The van der Waals surface area contributed by atoms with Crippen molar-refractivity contribution in [1.82, 2.24) is 5.32 Å². The van der Waals surface area contributed by atoms with Crippen molar-refractivity contribution >= 4 is 21.6 Å². The van der Waals surface area contributed by atoms with Crippen LogP contribution >= 0.6 is 0 Å². The number of amides is 1. The standard InChI is InChI=1S/C28H34N2O8S/c1-19-13-20(2)15-22(14-19)38-12-11-29-28(31)18-30(24-16-21(34-3)7-9-25(24)35-4)39(32,33)23-8-10-26(36-5)27(17-23)37-6/h7-10,13-17H,11-12,18H2,1-6H3,(H,29,31). The summed E-state index contributed by atoms with van der Waals surface area (Å²) in [5.74, 6) is 1.38. The Bertz CT molecular complexity index is 1390. The van der Waals surface area contributed by atoms with E-state index in [1.54, 1.807) is 12.1 Å². The first-order valence-electron chi connectivity index (χ1n) is 12.1. The number of hydrogen-bond acceptors (Lipinski definition) is 8. The van der Waals surface area contributed by atoms with Gasteiger partial charge >= 0.3 is 0 Å². The van der Waals surface area contributed by atoms with Gasteiger partial charge in [-0.15, -0.1) is 0 Å². The molecule has 0 heterocycles. The van der Waals surface area contributed by atoms with Crippen LogP contribution < -0.4 is 33.3 Å². The maximum atomic E-state index is 13.9. The van der Waals surface area contributed by atoms with Crippen LogP contribution in [0.5, 0.6) is 28.7 Å². The summed E-state index contributed by atoms with van der Waals surface area (Å²) in [5.41, 5.74) is 2.27. The predicted molar refractivity (Wildman–Crippen MR) is 148 cm³/mol. The summed E-state index contributed by atoms with van der Waals surface area (Å²) >= 11 is 0. The number of anilines is 1. The van der Waals surface area contributed by atoms with Crippen LogP contribution in [0.4, 0.5) is 5.69 Å². The maximum Gasteiger partial charge on any atom is 0.265 e. The van der Waals surface area contributed by atoms with Gasteiger partial charge in [-0.2, -0.15) is 0 Å². The first-order chi connectivity index (χ1) is 18.6. The van der Waals surface area contributed by atoms with Crippen molar-refractivity contribution in [3.8, 4) is 28.7 Å². The van der Waals surface area contributed by atoms with Crippen LogP contribution in [-0.2, 0) is 14.8 Å². The van der Waals surface area contributed by atoms with Crippen molar-refractivity contribution in [2.75, 3.05) is 52.4 Å². The maximum absolute atomic E-state index is 13.9. The second kappa shape index (κ2) is 13.1. The lowest BCUT2D eigenvalue weighted by molar-refractivity contribution is -0.119. The molecule has 10 nitrogen and oxygen atoms in total. The van der Waals surface area contributed by atoms with E-state index in [0.29, 0.717) is 17.2 Å². The molecule has 0 radical (unpaired) electrons. The number of methoxy groups -OCH3 is 4. The molecule has 0 spiro atoms. The lowest BCUT2D eigenvalue weighted by Gasteiger charge is -2.26. The monoisotopic (exact) mass is 558 g/mol. The molecule has 39 heavy (non-hydrogen) atoms. The van der Waals surface area contributed by atoms with Gasteiger partial charge in [0.15, 0.2) is 11.5 Å². The molecule has 3 aromatic carbocycles. The summed E-state index contributed by atoms with van der Waals surface area (Å²) in [4.78, 5) is 12.9. The van der Waals surface area contributed by atoms with Crippen molar-refractivity contribution < 1.29 is 36.9 Å². The Kier molecular flexibility index (Phi) is 9.89. The normalized spacial score (nSPS) is 10.9. The molecule has 0 fully saturated rings. The third-order valence-electron chi connectivity index (χ3n) is 5.77. The Balaban J connectivity index is 1.88. The van der Waals surface area contributed by atoms with Crippen LogP contribution in [0.15, 0.2) is 59.5 Å². The van der Waals surface area contributed by atoms with Gasteiger partial charge in [0.25, 0.3) is 10.0 Å². The number of nitrogens with one attached hydrogen (secondary N) is 1. The average Bonchev–Trinajstić information content (AvgIpc) is 2.92. The summed E-state index contributed by atoms with van der Waals surface area (Å²) in [5, 5.41) is 2.73. The highest BCUT2D eigenvalue weighted by Crippen LogP contribution is 2.37. The summed E-state index contributed by atoms with van der Waals surface area (Å²) in [7, 11) is 1.46. The molecule has 1 N–H and O–H groups in total. The van der Waals surface area contributed by atoms with Crippen molar-refractivity contribution in [3.05, 3.63) is 65.7 Å². The van der Waals surface area contributed by atoms with Crippen LogP contribution in [0.3, 0.4) is 0 Å². The largest absolute Gasteiger partial charge is 0.497 e. The molecule has 210 valence electrons. The summed E-state index contributed by atoms with van der Waals surface area (Å²) in [6.07, 6.45) is 0. The molecule has 0 atom stereocenters. The fourth-order valence-corrected chi connectivity index (χ4v) is 5.40. The topological polar surface area (TPSA) is 113 Å². The molecule has 0 unspecified atom stereocenters. The molecule has 1 amide bonds. The Morgan fingerprint density at radius 2 is 1.41 bits per heavy atom. The fourth-order valence-electron chi connectivity index (χ4n) is 3.96. The molecular formula is C28H34N2O8S. The van der Waals surface area contributed by atoms with Crippen molar-refractivity contribution in [1.29, 1.82) is 0 Å². The lowest BCUT2D eigenvalue weighted by Crippen LogP contribution is -2.42. The number of aryl methyl sites for hydroxylation is 2. The Morgan fingerprint density at radius 1 is 0.769 bits per heavy atom. The van der Waals surface area contributed by atoms with Gasteiger partial charge in [0.2, 0.25) is 5.91 Å². The second-order valence-corrected chi connectivity index (χ2v) is 10.5. The number of sulfonamides is 1. The molecule has 0 aliphatic heterocycles. The summed E-state index contributed by atoms with van der Waals surface area (Å²) in [6.45, 7) is 3.80. The average molecular weight is 559 g/mol. The van der Waals surface area contributed by atoms with Crippen molar-refractivity contribution in [2.24, 2.45) is 0 Å². The molecule has 0 aromatic heterocycles. The minimum absolute atomic E-state index is 0.101. The Morgan fingerprint density at radius 3 is 2.03 bits per heavy atom. The minimum atomic E-state index is -4.28. The van der Waals surface area contributed by atoms with Gasteiger partial charge in [-0.3, -0.25) is 9.10 Å². The predicted octanol–water partition coefficient (Wildman–Crippen LogP) is 3.73. The van der Waals surface area contributed by atoms with Gasteiger partial charge in [0.05, 0.1) is 45.6 Å². The second-order valence-electron chi connectivity index (χ2n) is 8.59. The van der Waals surface area contributed by atoms with E-state index in [9.17, 15) is 13.2 Å². The molecule has 0 saturated carbocycles. The van der Waals surface area contributed by atoms with Crippen LogP contribution in [0.2, 0.25) is 0 Å². The van der Waals surface area contributed by atoms with E-state index in [-0.39, 0.29) is 35.2 Å². The zero-order valence-electron chi connectivity index (χ0n) is 22.9. The van der Waals surface area contributed by atoms with Crippen LogP contribution in [0.1, 0.15) is 11.1 Å². The summed E-state index contributed by atoms with van der Waals surface area (Å²) < 4.78 is 55.8. The number of carbonyl (C=O) groups is 1. The third-order valence-corrected chi connectivity index (χ3v) is 7.53. The zero-order valence-corrected chi connectivity index (χ0v) is 23.8. The Labute approximate surface area is 229 Å².